The van der Waals surface area contributed by atoms with Crippen LogP contribution >= 0.6 is 11.6 Å². The second kappa shape index (κ2) is 12.3. The molecule has 9 heteroatoms. The van der Waals surface area contributed by atoms with Crippen LogP contribution in [-0.2, 0) is 20.0 Å². The van der Waals surface area contributed by atoms with Crippen molar-refractivity contribution in [3.63, 3.8) is 0 Å². The molecule has 8 nitrogen and oxygen atoms in total. The summed E-state index contributed by atoms with van der Waals surface area (Å²) in [5.41, 5.74) is 4.80. The van der Waals surface area contributed by atoms with Gasteiger partial charge in [0.25, 0.3) is 5.91 Å². The molecule has 0 radical (unpaired) electrons. The number of hydrogen-bond acceptors (Lipinski definition) is 6. The molecular weight excluding hydrogens is 526 g/mol. The molecule has 0 atom stereocenters. The van der Waals surface area contributed by atoms with E-state index in [0.717, 1.165) is 47.5 Å². The van der Waals surface area contributed by atoms with Gasteiger partial charge >= 0.3 is 0 Å². The summed E-state index contributed by atoms with van der Waals surface area (Å²) < 4.78 is 7.82. The van der Waals surface area contributed by atoms with Crippen LogP contribution in [0.25, 0.3) is 11.1 Å². The number of likely N-dealkylation sites (tertiary alicyclic amines) is 1. The average Bonchev–Trinajstić information content (AvgIpc) is 3.70. The molecule has 2 aromatic carbocycles. The summed E-state index contributed by atoms with van der Waals surface area (Å²) in [6, 6.07) is 13.8. The van der Waals surface area contributed by atoms with Crippen molar-refractivity contribution in [3.8, 4) is 16.9 Å². The van der Waals surface area contributed by atoms with Crippen LogP contribution in [0.3, 0.4) is 0 Å². The van der Waals surface area contributed by atoms with Crippen molar-refractivity contribution in [3.05, 3.63) is 64.4 Å². The number of aliphatic hydroxyl groups is 1. The largest absolute Gasteiger partial charge is 0.492 e. The van der Waals surface area contributed by atoms with Crippen molar-refractivity contribution in [1.29, 1.82) is 0 Å². The van der Waals surface area contributed by atoms with E-state index in [1.165, 1.54) is 25.9 Å². The molecule has 1 aromatic heterocycles. The fraction of sp³-hybridized carbons (Fsp3) is 0.484. The van der Waals surface area contributed by atoms with Gasteiger partial charge in [0, 0.05) is 43.5 Å². The Balaban J connectivity index is 1.30. The summed E-state index contributed by atoms with van der Waals surface area (Å²) in [6.45, 7) is 9.03. The number of fused-ring (bicyclic) bond motifs is 1. The van der Waals surface area contributed by atoms with Crippen molar-refractivity contribution in [2.24, 2.45) is 7.05 Å². The molecule has 3 heterocycles. The molecule has 0 unspecified atom stereocenters. The molecular formula is C31H40ClN5O3. The number of nitrogens with one attached hydrogen (secondary N) is 1. The lowest BCUT2D eigenvalue weighted by molar-refractivity contribution is 0.0984. The van der Waals surface area contributed by atoms with E-state index >= 15 is 0 Å². The fourth-order valence-electron chi connectivity index (χ4n) is 5.50. The highest BCUT2D eigenvalue weighted by molar-refractivity contribution is 6.35. The van der Waals surface area contributed by atoms with Gasteiger partial charge < -0.3 is 25.0 Å². The number of benzene rings is 2. The highest BCUT2D eigenvalue weighted by Gasteiger charge is 2.30. The first kappa shape index (κ1) is 28.6. The number of aliphatic hydroxyl groups excluding tert-OH is 1. The van der Waals surface area contributed by atoms with E-state index in [2.05, 4.69) is 21.4 Å². The van der Waals surface area contributed by atoms with Crippen LogP contribution in [0.15, 0.2) is 42.5 Å². The zero-order valence-corrected chi connectivity index (χ0v) is 24.5. The first-order valence-electron chi connectivity index (χ1n) is 14.2. The lowest BCUT2D eigenvalue weighted by Crippen LogP contribution is -2.42. The predicted octanol–water partition coefficient (Wildman–Crippen LogP) is 4.67. The van der Waals surface area contributed by atoms with E-state index in [1.807, 2.05) is 62.2 Å². The van der Waals surface area contributed by atoms with E-state index in [1.54, 1.807) is 4.68 Å². The Labute approximate surface area is 241 Å². The molecule has 5 rings (SSSR count). The molecule has 40 heavy (non-hydrogen) atoms. The molecule has 0 spiro atoms. The quantitative estimate of drug-likeness (QED) is 0.329. The molecule has 0 saturated carbocycles. The maximum atomic E-state index is 13.6. The van der Waals surface area contributed by atoms with Crippen LogP contribution in [0.5, 0.6) is 5.75 Å². The Hall–Kier alpha value is -2.91. The first-order valence-corrected chi connectivity index (χ1v) is 14.6. The number of carbonyl (C=O) groups excluding carboxylic acids is 1. The molecule has 1 fully saturated rings. The number of nitrogens with zero attached hydrogens (tertiary/aromatic N) is 4. The zero-order chi connectivity index (χ0) is 28.3. The van der Waals surface area contributed by atoms with Gasteiger partial charge in [-0.05, 0) is 81.9 Å². The van der Waals surface area contributed by atoms with Crippen LogP contribution in [0, 0.1) is 0 Å². The Kier molecular flexibility index (Phi) is 8.80. The van der Waals surface area contributed by atoms with Crippen molar-refractivity contribution < 1.29 is 14.6 Å². The topological polar surface area (TPSA) is 82.9 Å². The van der Waals surface area contributed by atoms with E-state index in [-0.39, 0.29) is 12.5 Å². The SMILES string of the molecule is Cn1nc(C(=O)N2CCc3c(-c4cccc(OCCCN5CCCC5)c4Cl)cccc32)cc1CNC(C)(C)CO. The van der Waals surface area contributed by atoms with Gasteiger partial charge in [-0.15, -0.1) is 0 Å². The predicted molar refractivity (Wildman–Crippen MR) is 159 cm³/mol. The van der Waals surface area contributed by atoms with Crippen LogP contribution in [0.1, 0.15) is 54.9 Å². The first-order chi connectivity index (χ1) is 19.3. The summed E-state index contributed by atoms with van der Waals surface area (Å²) >= 11 is 6.89. The van der Waals surface area contributed by atoms with E-state index < -0.39 is 5.54 Å². The summed E-state index contributed by atoms with van der Waals surface area (Å²) in [6.07, 6.45) is 4.30. The van der Waals surface area contributed by atoms with Gasteiger partial charge in [-0.25, -0.2) is 0 Å². The number of rotatable bonds is 11. The third-order valence-corrected chi connectivity index (χ3v) is 8.33. The van der Waals surface area contributed by atoms with Crippen LogP contribution in [0.4, 0.5) is 5.69 Å². The molecule has 0 aliphatic carbocycles. The smallest absolute Gasteiger partial charge is 0.278 e. The summed E-state index contributed by atoms with van der Waals surface area (Å²) in [5, 5.41) is 17.9. The Morgan fingerprint density at radius 3 is 2.65 bits per heavy atom. The van der Waals surface area contributed by atoms with Gasteiger partial charge in [0.15, 0.2) is 5.69 Å². The van der Waals surface area contributed by atoms with E-state index in [9.17, 15) is 9.90 Å². The van der Waals surface area contributed by atoms with Gasteiger partial charge in [-0.3, -0.25) is 9.48 Å². The standard InChI is InChI=1S/C31H40ClN5O3/c1-31(2,21-38)33-20-22-19-26(34-35(22)3)30(39)37-17-13-24-23(9-6-11-27(24)37)25-10-7-12-28(29(25)32)40-18-8-16-36-14-4-5-15-36/h6-7,9-12,19,33,38H,4-5,8,13-18,20-21H2,1-3H3. The Bertz CT molecular complexity index is 1350. The van der Waals surface area contributed by atoms with Gasteiger partial charge in [-0.1, -0.05) is 35.9 Å². The third-order valence-electron chi connectivity index (χ3n) is 7.94. The van der Waals surface area contributed by atoms with Gasteiger partial charge in [0.1, 0.15) is 5.75 Å². The lowest BCUT2D eigenvalue weighted by Gasteiger charge is -2.23. The van der Waals surface area contributed by atoms with Crippen molar-refractivity contribution in [2.45, 2.75) is 51.6 Å². The number of aromatic nitrogens is 2. The zero-order valence-electron chi connectivity index (χ0n) is 23.8. The highest BCUT2D eigenvalue weighted by Crippen LogP contribution is 2.42. The Morgan fingerprint density at radius 1 is 1.12 bits per heavy atom. The van der Waals surface area contributed by atoms with Crippen molar-refractivity contribution in [1.82, 2.24) is 20.0 Å². The van der Waals surface area contributed by atoms with E-state index in [0.29, 0.717) is 36.2 Å². The van der Waals surface area contributed by atoms with Gasteiger partial charge in [0.2, 0.25) is 0 Å². The molecule has 3 aromatic rings. The average molecular weight is 566 g/mol. The number of hydrogen-bond donors (Lipinski definition) is 2. The molecule has 1 amide bonds. The minimum Gasteiger partial charge on any atom is -0.492 e. The highest BCUT2D eigenvalue weighted by atomic mass is 35.5. The number of halogens is 1. The van der Waals surface area contributed by atoms with Crippen molar-refractivity contribution in [2.75, 3.05) is 44.3 Å². The number of amides is 1. The maximum Gasteiger partial charge on any atom is 0.278 e. The van der Waals surface area contributed by atoms with Crippen molar-refractivity contribution >= 4 is 23.2 Å². The normalized spacial score (nSPS) is 15.6. The van der Waals surface area contributed by atoms with Crippen LogP contribution < -0.4 is 15.0 Å². The second-order valence-corrected chi connectivity index (χ2v) is 11.8. The summed E-state index contributed by atoms with van der Waals surface area (Å²) in [4.78, 5) is 17.9. The number of ether oxygens (including phenoxy) is 1. The monoisotopic (exact) mass is 565 g/mol. The summed E-state index contributed by atoms with van der Waals surface area (Å²) in [5.74, 6) is 0.573. The molecule has 1 saturated heterocycles. The minimum absolute atomic E-state index is 0.0152. The van der Waals surface area contributed by atoms with Crippen LogP contribution in [-0.4, -0.2) is 70.6 Å². The van der Waals surface area contributed by atoms with E-state index in [4.69, 9.17) is 16.3 Å². The second-order valence-electron chi connectivity index (χ2n) is 11.4. The molecule has 0 bridgehead atoms. The minimum atomic E-state index is -0.421. The number of aryl methyl sites for hydroxylation is 1. The third kappa shape index (κ3) is 6.20. The molecule has 2 aliphatic heterocycles. The summed E-state index contributed by atoms with van der Waals surface area (Å²) in [7, 11) is 1.83. The van der Waals surface area contributed by atoms with Gasteiger partial charge in [0.05, 0.1) is 23.9 Å². The lowest BCUT2D eigenvalue weighted by atomic mass is 9.97. The molecule has 2 N–H and O–H groups in total. The Morgan fingerprint density at radius 2 is 1.88 bits per heavy atom. The molecule has 214 valence electrons. The molecule has 2 aliphatic rings. The maximum absolute atomic E-state index is 13.6. The van der Waals surface area contributed by atoms with Crippen LogP contribution in [0.2, 0.25) is 5.02 Å². The number of carbonyl (C=O) groups is 1. The van der Waals surface area contributed by atoms with Gasteiger partial charge in [-0.2, -0.15) is 5.10 Å². The number of anilines is 1. The fourth-order valence-corrected chi connectivity index (χ4v) is 5.79.